The molecule has 0 aliphatic heterocycles. The molecule has 0 bridgehead atoms. The molecule has 0 saturated heterocycles. The smallest absolute Gasteiger partial charge is 0.254 e. The Morgan fingerprint density at radius 3 is 2.25 bits per heavy atom. The number of benzene rings is 2. The lowest BCUT2D eigenvalue weighted by Crippen LogP contribution is -2.44. The number of hydrogen-bond acceptors (Lipinski definition) is 6. The van der Waals surface area contributed by atoms with Gasteiger partial charge in [0.1, 0.15) is 6.54 Å². The molecule has 7 nitrogen and oxygen atoms in total. The molecule has 3 aromatic rings. The molecule has 216 valence electrons. The molecule has 1 aromatic heterocycles. The van der Waals surface area contributed by atoms with Crippen LogP contribution in [-0.2, 0) is 22.5 Å². The number of halogens is 2. The van der Waals surface area contributed by atoms with E-state index >= 15 is 0 Å². The fraction of sp³-hybridized carbons (Fsp3) is 0.400. The Hall–Kier alpha value is -2.78. The molecule has 0 unspecified atom stereocenters. The number of ether oxygens (including phenoxy) is 3. The Labute approximate surface area is 250 Å². The quantitative estimate of drug-likeness (QED) is 0.184. The van der Waals surface area contributed by atoms with E-state index < -0.39 is 0 Å². The van der Waals surface area contributed by atoms with Gasteiger partial charge in [-0.05, 0) is 74.7 Å². The summed E-state index contributed by atoms with van der Waals surface area (Å²) in [6.45, 7) is 6.23. The highest BCUT2D eigenvalue weighted by atomic mass is 35.5. The third-order valence-corrected chi connectivity index (χ3v) is 7.68. The number of methoxy groups -OCH3 is 2. The van der Waals surface area contributed by atoms with Crippen molar-refractivity contribution in [1.82, 2.24) is 9.80 Å². The highest BCUT2D eigenvalue weighted by molar-refractivity contribution is 7.11. The first kappa shape index (κ1) is 31.7. The average Bonchev–Trinajstić information content (AvgIpc) is 3.35. The van der Waals surface area contributed by atoms with Crippen molar-refractivity contribution in [3.63, 3.8) is 0 Å². The third kappa shape index (κ3) is 9.41. The van der Waals surface area contributed by atoms with Gasteiger partial charge in [0, 0.05) is 51.7 Å². The Morgan fingerprint density at radius 1 is 0.900 bits per heavy atom. The minimum Gasteiger partial charge on any atom is -0.493 e. The number of thiophene rings is 1. The van der Waals surface area contributed by atoms with Gasteiger partial charge in [0.25, 0.3) is 5.91 Å². The molecule has 0 spiro atoms. The molecule has 0 N–H and O–H groups in total. The molecule has 0 fully saturated rings. The van der Waals surface area contributed by atoms with E-state index in [1.807, 2.05) is 44.2 Å². The second kappa shape index (κ2) is 15.9. The Bertz CT molecular complexity index is 1260. The Balaban J connectivity index is 1.81. The van der Waals surface area contributed by atoms with E-state index in [-0.39, 0.29) is 18.4 Å². The van der Waals surface area contributed by atoms with Crippen LogP contribution in [0.3, 0.4) is 0 Å². The second-order valence-corrected chi connectivity index (χ2v) is 11.4. The molecule has 1 heterocycles. The van der Waals surface area contributed by atoms with Crippen LogP contribution in [0, 0.1) is 6.92 Å². The zero-order valence-electron chi connectivity index (χ0n) is 23.4. The second-order valence-electron chi connectivity index (χ2n) is 9.20. The summed E-state index contributed by atoms with van der Waals surface area (Å²) in [5.41, 5.74) is 1.35. The molecule has 0 atom stereocenters. The Morgan fingerprint density at radius 2 is 1.62 bits per heavy atom. The van der Waals surface area contributed by atoms with Crippen LogP contribution >= 0.6 is 34.5 Å². The van der Waals surface area contributed by atoms with E-state index in [1.165, 1.54) is 4.88 Å². The van der Waals surface area contributed by atoms with E-state index in [0.29, 0.717) is 72.8 Å². The zero-order chi connectivity index (χ0) is 29.1. The normalized spacial score (nSPS) is 10.8. The van der Waals surface area contributed by atoms with Crippen molar-refractivity contribution in [2.24, 2.45) is 0 Å². The number of carbonyl (C=O) groups is 2. The van der Waals surface area contributed by atoms with Gasteiger partial charge < -0.3 is 24.0 Å². The standard InChI is InChI=1S/C30H36Cl2N2O5S/c1-5-39-14-6-12-34(30(36)23-16-24(31)18-25(32)17-23)20-29(35)33(19-26-9-7-21(2)40-26)13-11-22-8-10-27(37-3)28(15-22)38-4/h7-10,15-18H,5-6,11-14,19-20H2,1-4H3. The van der Waals surface area contributed by atoms with Crippen molar-refractivity contribution >= 4 is 46.4 Å². The highest BCUT2D eigenvalue weighted by Gasteiger charge is 2.23. The SMILES string of the molecule is CCOCCCN(CC(=O)N(CCc1ccc(OC)c(OC)c1)Cc1ccc(C)s1)C(=O)c1cc(Cl)cc(Cl)c1. The van der Waals surface area contributed by atoms with E-state index in [9.17, 15) is 9.59 Å². The molecule has 3 rings (SSSR count). The average molecular weight is 608 g/mol. The van der Waals surface area contributed by atoms with Crippen molar-refractivity contribution in [2.75, 3.05) is 47.1 Å². The van der Waals surface area contributed by atoms with E-state index in [0.717, 1.165) is 10.4 Å². The van der Waals surface area contributed by atoms with Gasteiger partial charge in [-0.1, -0.05) is 29.3 Å². The molecule has 0 aliphatic rings. The molecule has 0 radical (unpaired) electrons. The summed E-state index contributed by atoms with van der Waals surface area (Å²) in [6, 6.07) is 14.5. The number of aryl methyl sites for hydroxylation is 1. The van der Waals surface area contributed by atoms with E-state index in [1.54, 1.807) is 53.6 Å². The maximum atomic E-state index is 13.8. The fourth-order valence-electron chi connectivity index (χ4n) is 4.23. The highest BCUT2D eigenvalue weighted by Crippen LogP contribution is 2.28. The van der Waals surface area contributed by atoms with Crippen LogP contribution < -0.4 is 9.47 Å². The number of amides is 2. The summed E-state index contributed by atoms with van der Waals surface area (Å²) < 4.78 is 16.3. The van der Waals surface area contributed by atoms with Crippen molar-refractivity contribution in [3.8, 4) is 11.5 Å². The first-order chi connectivity index (χ1) is 19.2. The minimum atomic E-state index is -0.305. The van der Waals surface area contributed by atoms with Crippen molar-refractivity contribution < 1.29 is 23.8 Å². The van der Waals surface area contributed by atoms with E-state index in [4.69, 9.17) is 37.4 Å². The molecule has 2 amide bonds. The molecule has 2 aromatic carbocycles. The van der Waals surface area contributed by atoms with E-state index in [2.05, 4.69) is 0 Å². The maximum absolute atomic E-state index is 13.8. The summed E-state index contributed by atoms with van der Waals surface area (Å²) in [5, 5.41) is 0.724. The predicted octanol–water partition coefficient (Wildman–Crippen LogP) is 6.52. The summed E-state index contributed by atoms with van der Waals surface area (Å²) in [6.07, 6.45) is 1.20. The van der Waals surface area contributed by atoms with Gasteiger partial charge in [-0.15, -0.1) is 11.3 Å². The number of rotatable bonds is 15. The van der Waals surface area contributed by atoms with Gasteiger partial charge >= 0.3 is 0 Å². The lowest BCUT2D eigenvalue weighted by molar-refractivity contribution is -0.132. The number of hydrogen-bond donors (Lipinski definition) is 0. The number of nitrogens with zero attached hydrogens (tertiary/aromatic N) is 2. The first-order valence-corrected chi connectivity index (χ1v) is 14.7. The van der Waals surface area contributed by atoms with Gasteiger partial charge in [0.15, 0.2) is 11.5 Å². The number of carbonyl (C=O) groups excluding carboxylic acids is 2. The van der Waals surface area contributed by atoms with Crippen LogP contribution in [0.5, 0.6) is 11.5 Å². The first-order valence-electron chi connectivity index (χ1n) is 13.1. The molecule has 40 heavy (non-hydrogen) atoms. The molecule has 0 aliphatic carbocycles. The molecular weight excluding hydrogens is 571 g/mol. The minimum absolute atomic E-state index is 0.0780. The lowest BCUT2D eigenvalue weighted by Gasteiger charge is -2.28. The van der Waals surface area contributed by atoms with Crippen molar-refractivity contribution in [2.45, 2.75) is 33.2 Å². The molecule has 0 saturated carbocycles. The summed E-state index contributed by atoms with van der Waals surface area (Å²) in [5.74, 6) is 0.832. The van der Waals surface area contributed by atoms with Gasteiger partial charge in [-0.25, -0.2) is 0 Å². The largest absolute Gasteiger partial charge is 0.493 e. The maximum Gasteiger partial charge on any atom is 0.254 e. The zero-order valence-corrected chi connectivity index (χ0v) is 25.7. The predicted molar refractivity (Wildman–Crippen MR) is 161 cm³/mol. The fourth-order valence-corrected chi connectivity index (χ4v) is 5.66. The van der Waals surface area contributed by atoms with Crippen molar-refractivity contribution in [1.29, 1.82) is 0 Å². The monoisotopic (exact) mass is 606 g/mol. The summed E-state index contributed by atoms with van der Waals surface area (Å²) >= 11 is 14.0. The van der Waals surface area contributed by atoms with Gasteiger partial charge in [0.05, 0.1) is 20.8 Å². The van der Waals surface area contributed by atoms with Crippen LogP contribution in [0.1, 0.15) is 39.0 Å². The van der Waals surface area contributed by atoms with Crippen LogP contribution in [0.4, 0.5) is 0 Å². The molecule has 10 heteroatoms. The topological polar surface area (TPSA) is 68.3 Å². The van der Waals surface area contributed by atoms with Crippen LogP contribution in [0.15, 0.2) is 48.5 Å². The summed E-state index contributed by atoms with van der Waals surface area (Å²) in [7, 11) is 3.19. The molecular formula is C30H36Cl2N2O5S. The van der Waals surface area contributed by atoms with Crippen LogP contribution in [0.2, 0.25) is 10.0 Å². The van der Waals surface area contributed by atoms with Crippen LogP contribution in [-0.4, -0.2) is 68.7 Å². The van der Waals surface area contributed by atoms with Gasteiger partial charge in [-0.2, -0.15) is 0 Å². The van der Waals surface area contributed by atoms with Crippen molar-refractivity contribution in [3.05, 3.63) is 79.5 Å². The van der Waals surface area contributed by atoms with Crippen LogP contribution in [0.25, 0.3) is 0 Å². The summed E-state index contributed by atoms with van der Waals surface area (Å²) in [4.78, 5) is 32.9. The van der Waals surface area contributed by atoms with Gasteiger partial charge in [0.2, 0.25) is 5.91 Å². The third-order valence-electron chi connectivity index (χ3n) is 6.26. The van der Waals surface area contributed by atoms with Gasteiger partial charge in [-0.3, -0.25) is 9.59 Å². The lowest BCUT2D eigenvalue weighted by atomic mass is 10.1. The Kier molecular flexibility index (Phi) is 12.6.